The molecule has 4 N–H and O–H groups in total. The highest BCUT2D eigenvalue weighted by atomic mass is 35.5. The second kappa shape index (κ2) is 8.37. The highest BCUT2D eigenvalue weighted by molar-refractivity contribution is 6.35. The molecule has 1 heterocycles. The first kappa shape index (κ1) is 19.8. The number of aromatic nitrogens is 2. The van der Waals surface area contributed by atoms with Crippen LogP contribution in [0.2, 0.25) is 5.02 Å². The van der Waals surface area contributed by atoms with Crippen LogP contribution in [0.25, 0.3) is 16.6 Å². The summed E-state index contributed by atoms with van der Waals surface area (Å²) in [4.78, 5) is 29.5. The van der Waals surface area contributed by atoms with Crippen molar-refractivity contribution in [2.24, 2.45) is 5.73 Å². The maximum Gasteiger partial charge on any atom is 0.319 e. The maximum atomic E-state index is 13.2. The molecule has 2 aromatic carbocycles. The van der Waals surface area contributed by atoms with Gasteiger partial charge in [0.25, 0.3) is 5.56 Å². The van der Waals surface area contributed by atoms with Gasteiger partial charge in [-0.3, -0.25) is 9.36 Å². The number of amides is 2. The zero-order valence-corrected chi connectivity index (χ0v) is 15.8. The lowest BCUT2D eigenvalue weighted by molar-refractivity contribution is 0.251. The standard InChI is InChI=1S/C19H19ClFN5O2/c1-11(22)17-25-15-7-3-6-14(20)16(15)18(27)26(17)13-5-2-4-12(10-13)24-19(28)23-9-8-21/h2-7,10-11H,8-9,22H2,1H3,(H2,23,24,28). The molecule has 0 aliphatic rings. The second-order valence-electron chi connectivity index (χ2n) is 6.15. The molecule has 0 bridgehead atoms. The van der Waals surface area contributed by atoms with Gasteiger partial charge in [-0.25, -0.2) is 14.2 Å². The number of anilines is 1. The number of hydrogen-bond acceptors (Lipinski definition) is 4. The van der Waals surface area contributed by atoms with Crippen LogP contribution in [0.5, 0.6) is 0 Å². The van der Waals surface area contributed by atoms with Crippen LogP contribution in [-0.4, -0.2) is 28.8 Å². The Balaban J connectivity index is 2.13. The van der Waals surface area contributed by atoms with Gasteiger partial charge >= 0.3 is 6.03 Å². The maximum absolute atomic E-state index is 13.2. The number of carbonyl (C=O) groups excluding carboxylic acids is 1. The molecule has 3 aromatic rings. The lowest BCUT2D eigenvalue weighted by atomic mass is 10.2. The first-order valence-electron chi connectivity index (χ1n) is 8.60. The molecule has 9 heteroatoms. The summed E-state index contributed by atoms with van der Waals surface area (Å²) in [6.07, 6.45) is 0. The van der Waals surface area contributed by atoms with Crippen molar-refractivity contribution in [2.75, 3.05) is 18.5 Å². The predicted molar refractivity (Wildman–Crippen MR) is 108 cm³/mol. The van der Waals surface area contributed by atoms with Crippen molar-refractivity contribution in [3.8, 4) is 5.69 Å². The number of fused-ring (bicyclic) bond motifs is 1. The molecule has 1 aromatic heterocycles. The van der Waals surface area contributed by atoms with Crippen LogP contribution >= 0.6 is 11.6 Å². The Morgan fingerprint density at radius 3 is 2.79 bits per heavy atom. The molecular weight excluding hydrogens is 385 g/mol. The van der Waals surface area contributed by atoms with E-state index in [-0.39, 0.29) is 17.5 Å². The first-order chi connectivity index (χ1) is 13.4. The third-order valence-electron chi connectivity index (χ3n) is 4.02. The normalized spacial score (nSPS) is 12.0. The van der Waals surface area contributed by atoms with Crippen LogP contribution in [-0.2, 0) is 0 Å². The molecule has 7 nitrogen and oxygen atoms in total. The number of alkyl halides is 1. The van der Waals surface area contributed by atoms with Gasteiger partial charge < -0.3 is 16.4 Å². The summed E-state index contributed by atoms with van der Waals surface area (Å²) in [6, 6.07) is 10.6. The summed E-state index contributed by atoms with van der Waals surface area (Å²) in [7, 11) is 0. The summed E-state index contributed by atoms with van der Waals surface area (Å²) in [6.45, 7) is 0.970. The Hall–Kier alpha value is -2.97. The number of urea groups is 1. The molecule has 0 saturated heterocycles. The van der Waals surface area contributed by atoms with Crippen molar-refractivity contribution in [3.63, 3.8) is 0 Å². The second-order valence-corrected chi connectivity index (χ2v) is 6.56. The van der Waals surface area contributed by atoms with E-state index in [2.05, 4.69) is 15.6 Å². The SMILES string of the molecule is CC(N)c1nc2cccc(Cl)c2c(=O)n1-c1cccc(NC(=O)NCCF)c1. The Kier molecular flexibility index (Phi) is 5.91. The molecule has 1 atom stereocenters. The summed E-state index contributed by atoms with van der Waals surface area (Å²) in [5.74, 6) is 0.360. The van der Waals surface area contributed by atoms with E-state index in [1.807, 2.05) is 0 Å². The molecule has 0 aliphatic carbocycles. The van der Waals surface area contributed by atoms with E-state index < -0.39 is 18.7 Å². The highest BCUT2D eigenvalue weighted by Gasteiger charge is 2.17. The third-order valence-corrected chi connectivity index (χ3v) is 4.34. The van der Waals surface area contributed by atoms with Crippen molar-refractivity contribution in [1.29, 1.82) is 0 Å². The van der Waals surface area contributed by atoms with Gasteiger partial charge in [-0.2, -0.15) is 0 Å². The van der Waals surface area contributed by atoms with E-state index in [1.54, 1.807) is 49.4 Å². The van der Waals surface area contributed by atoms with Crippen molar-refractivity contribution < 1.29 is 9.18 Å². The van der Waals surface area contributed by atoms with Gasteiger partial charge in [0.15, 0.2) is 0 Å². The molecule has 0 aliphatic heterocycles. The van der Waals surface area contributed by atoms with E-state index in [0.29, 0.717) is 27.7 Å². The monoisotopic (exact) mass is 403 g/mol. The van der Waals surface area contributed by atoms with Gasteiger partial charge in [0, 0.05) is 12.2 Å². The number of halogens is 2. The van der Waals surface area contributed by atoms with Crippen LogP contribution in [0, 0.1) is 0 Å². The Labute approximate surface area is 165 Å². The fourth-order valence-electron chi connectivity index (χ4n) is 2.82. The quantitative estimate of drug-likeness (QED) is 0.609. The molecule has 3 rings (SSSR count). The van der Waals surface area contributed by atoms with E-state index in [0.717, 1.165) is 0 Å². The number of benzene rings is 2. The molecule has 2 amide bonds. The molecule has 0 spiro atoms. The Bertz CT molecular complexity index is 1080. The van der Waals surface area contributed by atoms with Gasteiger partial charge in [0.1, 0.15) is 12.5 Å². The van der Waals surface area contributed by atoms with Crippen LogP contribution in [0.15, 0.2) is 47.3 Å². The average Bonchev–Trinajstić information content (AvgIpc) is 2.66. The number of carbonyl (C=O) groups is 1. The van der Waals surface area contributed by atoms with Crippen LogP contribution in [0.4, 0.5) is 14.9 Å². The van der Waals surface area contributed by atoms with E-state index in [9.17, 15) is 14.0 Å². The van der Waals surface area contributed by atoms with Gasteiger partial charge in [-0.1, -0.05) is 23.7 Å². The van der Waals surface area contributed by atoms with Crippen LogP contribution < -0.4 is 21.9 Å². The molecule has 28 heavy (non-hydrogen) atoms. The lowest BCUT2D eigenvalue weighted by Gasteiger charge is -2.17. The van der Waals surface area contributed by atoms with Gasteiger partial charge in [-0.05, 0) is 37.3 Å². The average molecular weight is 404 g/mol. The molecule has 1 unspecified atom stereocenters. The van der Waals surface area contributed by atoms with E-state index in [4.69, 9.17) is 17.3 Å². The van der Waals surface area contributed by atoms with Crippen molar-refractivity contribution in [3.05, 3.63) is 63.7 Å². The summed E-state index contributed by atoms with van der Waals surface area (Å²) in [5.41, 5.74) is 7.05. The van der Waals surface area contributed by atoms with Gasteiger partial charge in [0.05, 0.1) is 27.7 Å². The van der Waals surface area contributed by atoms with Crippen molar-refractivity contribution in [2.45, 2.75) is 13.0 Å². The minimum absolute atomic E-state index is 0.0904. The van der Waals surface area contributed by atoms with Crippen LogP contribution in [0.1, 0.15) is 18.8 Å². The molecule has 146 valence electrons. The van der Waals surface area contributed by atoms with E-state index in [1.165, 1.54) is 4.57 Å². The molecule has 0 radical (unpaired) electrons. The summed E-state index contributed by atoms with van der Waals surface area (Å²) in [5, 5.41) is 5.54. The fourth-order valence-corrected chi connectivity index (χ4v) is 3.07. The summed E-state index contributed by atoms with van der Waals surface area (Å²) < 4.78 is 13.6. The number of nitrogens with one attached hydrogen (secondary N) is 2. The van der Waals surface area contributed by atoms with E-state index >= 15 is 0 Å². The fraction of sp³-hybridized carbons (Fsp3) is 0.211. The van der Waals surface area contributed by atoms with Crippen LogP contribution in [0.3, 0.4) is 0 Å². The topological polar surface area (TPSA) is 102 Å². The van der Waals surface area contributed by atoms with Crippen molar-refractivity contribution in [1.82, 2.24) is 14.9 Å². The number of nitrogens with zero attached hydrogens (tertiary/aromatic N) is 2. The predicted octanol–water partition coefficient (Wildman–Crippen LogP) is 3.15. The Morgan fingerprint density at radius 2 is 2.07 bits per heavy atom. The molecule has 0 fully saturated rings. The largest absolute Gasteiger partial charge is 0.335 e. The number of rotatable bonds is 5. The number of nitrogens with two attached hydrogens (primary N) is 1. The first-order valence-corrected chi connectivity index (χ1v) is 8.98. The highest BCUT2D eigenvalue weighted by Crippen LogP contribution is 2.23. The summed E-state index contributed by atoms with van der Waals surface area (Å²) >= 11 is 6.22. The molecule has 0 saturated carbocycles. The minimum Gasteiger partial charge on any atom is -0.335 e. The third kappa shape index (κ3) is 3.97. The van der Waals surface area contributed by atoms with Gasteiger partial charge in [-0.15, -0.1) is 0 Å². The Morgan fingerprint density at radius 1 is 1.32 bits per heavy atom. The number of hydrogen-bond donors (Lipinski definition) is 3. The zero-order valence-electron chi connectivity index (χ0n) is 15.1. The lowest BCUT2D eigenvalue weighted by Crippen LogP contribution is -2.30. The minimum atomic E-state index is -0.663. The van der Waals surface area contributed by atoms with Gasteiger partial charge in [0.2, 0.25) is 0 Å². The molecular formula is C19H19ClFN5O2. The van der Waals surface area contributed by atoms with Crippen molar-refractivity contribution >= 4 is 34.2 Å². The smallest absolute Gasteiger partial charge is 0.319 e. The zero-order chi connectivity index (χ0) is 20.3.